The molecule has 3 heterocycles. The second-order valence-corrected chi connectivity index (χ2v) is 13.6. The molecule has 4 atom stereocenters. The lowest BCUT2D eigenvalue weighted by Crippen LogP contribution is -2.68. The van der Waals surface area contributed by atoms with Crippen molar-refractivity contribution in [2.75, 3.05) is 39.9 Å². The largest absolute Gasteiger partial charge is 0.383 e. The van der Waals surface area contributed by atoms with Crippen LogP contribution in [0.3, 0.4) is 0 Å². The Hall–Kier alpha value is -1.81. The second-order valence-electron chi connectivity index (χ2n) is 11.5. The number of aryl methyl sites for hydroxylation is 1. The topological polar surface area (TPSA) is 65.1 Å². The van der Waals surface area contributed by atoms with E-state index in [1.807, 2.05) is 5.01 Å². The number of sulfonamides is 1. The van der Waals surface area contributed by atoms with Crippen molar-refractivity contribution in [3.05, 3.63) is 59.2 Å². The van der Waals surface area contributed by atoms with Crippen LogP contribution >= 0.6 is 0 Å². The van der Waals surface area contributed by atoms with E-state index in [1.165, 1.54) is 27.8 Å². The number of nitrogens with zero attached hydrogens (tertiary/aromatic N) is 3. The summed E-state index contributed by atoms with van der Waals surface area (Å²) in [6.07, 6.45) is 2.51. The summed E-state index contributed by atoms with van der Waals surface area (Å²) in [5.74, 6) is 0.237. The summed E-state index contributed by atoms with van der Waals surface area (Å²) >= 11 is 0. The van der Waals surface area contributed by atoms with Gasteiger partial charge in [-0.2, -0.15) is 4.31 Å². The Morgan fingerprint density at radius 1 is 1.05 bits per heavy atom. The third-order valence-corrected chi connectivity index (χ3v) is 11.2. The molecule has 0 bridgehead atoms. The highest BCUT2D eigenvalue weighted by Crippen LogP contribution is 2.43. The summed E-state index contributed by atoms with van der Waals surface area (Å²) in [5, 5.41) is 1.43. The Morgan fingerprint density at radius 3 is 2.50 bits per heavy atom. The van der Waals surface area contributed by atoms with E-state index in [1.54, 1.807) is 11.4 Å². The Kier molecular flexibility index (Phi) is 8.29. The van der Waals surface area contributed by atoms with Gasteiger partial charge in [0.15, 0.2) is 0 Å². The van der Waals surface area contributed by atoms with E-state index >= 15 is 0 Å². The van der Waals surface area contributed by atoms with Gasteiger partial charge in [-0.05, 0) is 81.3 Å². The van der Waals surface area contributed by atoms with Gasteiger partial charge >= 0.3 is 0 Å². The molecule has 0 spiro atoms. The Bertz CT molecular complexity index is 1220. The first-order chi connectivity index (χ1) is 18.2. The molecule has 208 valence electrons. The van der Waals surface area contributed by atoms with Crippen LogP contribution in [-0.4, -0.2) is 86.0 Å². The molecule has 0 saturated carbocycles. The van der Waals surface area contributed by atoms with Crippen LogP contribution in [0, 0.1) is 13.8 Å². The predicted molar refractivity (Wildman–Crippen MR) is 153 cm³/mol. The van der Waals surface area contributed by atoms with Crippen molar-refractivity contribution < 1.29 is 13.2 Å². The molecule has 2 aromatic carbocycles. The molecule has 2 aromatic rings. The van der Waals surface area contributed by atoms with Gasteiger partial charge in [-0.25, -0.2) is 13.4 Å². The van der Waals surface area contributed by atoms with Crippen LogP contribution in [0.5, 0.6) is 0 Å². The molecule has 3 aliphatic rings. The summed E-state index contributed by atoms with van der Waals surface area (Å²) in [6, 6.07) is 16.0. The Morgan fingerprint density at radius 2 is 1.79 bits per heavy atom. The molecule has 38 heavy (non-hydrogen) atoms. The van der Waals surface area contributed by atoms with Crippen LogP contribution in [0.4, 0.5) is 0 Å². The van der Waals surface area contributed by atoms with Crippen molar-refractivity contribution in [3.63, 3.8) is 0 Å². The van der Waals surface area contributed by atoms with Crippen LogP contribution in [0.25, 0.3) is 11.1 Å². The number of hydrazine groups is 1. The highest BCUT2D eigenvalue weighted by Gasteiger charge is 2.51. The molecule has 7 nitrogen and oxygen atoms in total. The van der Waals surface area contributed by atoms with E-state index in [-0.39, 0.29) is 24.0 Å². The number of rotatable bonds is 7. The quantitative estimate of drug-likeness (QED) is 0.570. The molecule has 0 aromatic heterocycles. The minimum atomic E-state index is -3.47. The molecule has 3 aliphatic heterocycles. The van der Waals surface area contributed by atoms with E-state index in [2.05, 4.69) is 80.5 Å². The van der Waals surface area contributed by atoms with E-state index in [9.17, 15) is 8.42 Å². The maximum atomic E-state index is 14.0. The van der Waals surface area contributed by atoms with E-state index < -0.39 is 15.4 Å². The number of ether oxygens (including phenoxy) is 1. The molecule has 1 N–H and O–H groups in total. The van der Waals surface area contributed by atoms with Crippen LogP contribution in [0.15, 0.2) is 42.5 Å². The van der Waals surface area contributed by atoms with Crippen molar-refractivity contribution in [2.45, 2.75) is 76.4 Å². The molecule has 8 heteroatoms. The smallest absolute Gasteiger partial charge is 0.231 e. The third-order valence-electron chi connectivity index (χ3n) is 8.95. The average Bonchev–Trinajstić information content (AvgIpc) is 3.39. The summed E-state index contributed by atoms with van der Waals surface area (Å²) in [7, 11) is -1.70. The van der Waals surface area contributed by atoms with Gasteiger partial charge in [0.1, 0.15) is 5.37 Å². The lowest BCUT2D eigenvalue weighted by Gasteiger charge is -2.57. The van der Waals surface area contributed by atoms with Crippen LogP contribution in [0.2, 0.25) is 0 Å². The zero-order valence-corrected chi connectivity index (χ0v) is 24.4. The minimum Gasteiger partial charge on any atom is -0.383 e. The number of fused-ring (bicyclic) bond motifs is 1. The maximum absolute atomic E-state index is 14.0. The number of benzene rings is 2. The summed E-state index contributed by atoms with van der Waals surface area (Å²) in [6.45, 7) is 11.9. The van der Waals surface area contributed by atoms with Gasteiger partial charge in [-0.3, -0.25) is 10.3 Å². The van der Waals surface area contributed by atoms with Crippen molar-refractivity contribution in [2.24, 2.45) is 0 Å². The number of nitrogens with one attached hydrogen (secondary N) is 1. The van der Waals surface area contributed by atoms with Gasteiger partial charge in [0, 0.05) is 50.8 Å². The Balaban J connectivity index is 1.42. The SMILES string of the molecule is COC[C@@H]1C(c2ccc(-c3cccc(C)c3C)cc2)[C@@H]2CN(S(=O)(=O)C3CCNN3C(C)C)CCCCN12. The van der Waals surface area contributed by atoms with Crippen LogP contribution in [-0.2, 0) is 14.8 Å². The zero-order chi connectivity index (χ0) is 27.0. The third kappa shape index (κ3) is 5.07. The monoisotopic (exact) mass is 540 g/mol. The highest BCUT2D eigenvalue weighted by molar-refractivity contribution is 7.89. The van der Waals surface area contributed by atoms with E-state index in [4.69, 9.17) is 4.74 Å². The Labute approximate surface area is 229 Å². The fourth-order valence-corrected chi connectivity index (χ4v) is 8.89. The van der Waals surface area contributed by atoms with Crippen LogP contribution < -0.4 is 5.43 Å². The van der Waals surface area contributed by atoms with Gasteiger partial charge in [0.2, 0.25) is 10.0 Å². The number of hydrogen-bond donors (Lipinski definition) is 1. The normalized spacial score (nSPS) is 27.6. The lowest BCUT2D eigenvalue weighted by molar-refractivity contribution is -0.0637. The summed E-state index contributed by atoms with van der Waals surface area (Å²) in [5.41, 5.74) is 9.66. The summed E-state index contributed by atoms with van der Waals surface area (Å²) in [4.78, 5) is 2.50. The predicted octanol–water partition coefficient (Wildman–Crippen LogP) is 4.12. The molecular formula is C30H44N4O3S. The first-order valence-electron chi connectivity index (χ1n) is 14.2. The van der Waals surface area contributed by atoms with Crippen molar-refractivity contribution in [1.29, 1.82) is 0 Å². The summed E-state index contributed by atoms with van der Waals surface area (Å²) < 4.78 is 35.4. The van der Waals surface area contributed by atoms with Crippen molar-refractivity contribution in [1.82, 2.24) is 19.6 Å². The van der Waals surface area contributed by atoms with Crippen molar-refractivity contribution >= 4 is 10.0 Å². The van der Waals surface area contributed by atoms with Crippen LogP contribution in [0.1, 0.15) is 55.7 Å². The second kappa shape index (κ2) is 11.4. The number of methoxy groups -OCH3 is 1. The lowest BCUT2D eigenvalue weighted by atomic mass is 9.74. The van der Waals surface area contributed by atoms with Gasteiger partial charge in [-0.15, -0.1) is 0 Å². The van der Waals surface area contributed by atoms with E-state index in [0.717, 1.165) is 19.4 Å². The molecular weight excluding hydrogens is 496 g/mol. The van der Waals surface area contributed by atoms with Gasteiger partial charge in [0.05, 0.1) is 6.61 Å². The molecule has 3 fully saturated rings. The van der Waals surface area contributed by atoms with Gasteiger partial charge in [-0.1, -0.05) is 42.5 Å². The molecule has 2 unspecified atom stereocenters. The van der Waals surface area contributed by atoms with Gasteiger partial charge < -0.3 is 4.74 Å². The molecule has 3 saturated heterocycles. The molecule has 0 amide bonds. The average molecular weight is 541 g/mol. The first-order valence-corrected chi connectivity index (χ1v) is 15.7. The fourth-order valence-electron chi connectivity index (χ4n) is 6.78. The van der Waals surface area contributed by atoms with Gasteiger partial charge in [0.25, 0.3) is 0 Å². The molecule has 5 rings (SSSR count). The zero-order valence-electron chi connectivity index (χ0n) is 23.6. The maximum Gasteiger partial charge on any atom is 0.231 e. The number of hydrogen-bond acceptors (Lipinski definition) is 6. The molecule has 0 radical (unpaired) electrons. The van der Waals surface area contributed by atoms with Crippen molar-refractivity contribution in [3.8, 4) is 11.1 Å². The van der Waals surface area contributed by atoms with E-state index in [0.29, 0.717) is 32.7 Å². The highest BCUT2D eigenvalue weighted by atomic mass is 32.2. The fraction of sp³-hybridized carbons (Fsp3) is 0.600. The first kappa shape index (κ1) is 27.7. The standard InChI is InChI=1S/C30H44N4O3S/c1-21(2)34-29(15-16-31-34)38(35,36)32-17-6-7-18-33-27(19-32)30(28(33)20-37-5)25-13-11-24(12-14-25)26-10-8-9-22(3)23(26)4/h8-14,21,27-31H,6-7,15-20H2,1-5H3/t27-,28+,29?,30?/m0/s1. The minimum absolute atomic E-state index is 0.126. The molecule has 0 aliphatic carbocycles.